The Balaban J connectivity index is 2.59. The van der Waals surface area contributed by atoms with Gasteiger partial charge in [-0.2, -0.15) is 0 Å². The summed E-state index contributed by atoms with van der Waals surface area (Å²) in [6.45, 7) is 12.6. The molecule has 1 aliphatic rings. The first-order chi connectivity index (χ1) is 9.24. The van der Waals surface area contributed by atoms with Crippen molar-refractivity contribution in [1.82, 2.24) is 0 Å². The molecule has 1 saturated heterocycles. The second-order valence-corrected chi connectivity index (χ2v) is 5.43. The van der Waals surface area contributed by atoms with Crippen molar-refractivity contribution >= 4 is 11.8 Å². The van der Waals surface area contributed by atoms with E-state index in [-0.39, 0.29) is 17.5 Å². The van der Waals surface area contributed by atoms with Crippen molar-refractivity contribution in [3.8, 4) is 0 Å². The number of aliphatic hydroxyl groups excluding tert-OH is 1. The molecule has 0 aromatic rings. The minimum Gasteiger partial charge on any atom is -0.380 e. The molecule has 0 spiro atoms. The van der Waals surface area contributed by atoms with Crippen LogP contribution in [0.2, 0.25) is 0 Å². The van der Waals surface area contributed by atoms with E-state index in [9.17, 15) is 5.11 Å². The fraction of sp³-hybridized carbons (Fsp3) is 0.571. The predicted octanol–water partition coefficient (Wildman–Crippen LogP) is 1.77. The molecule has 1 unspecified atom stereocenters. The molecule has 1 aliphatic heterocycles. The van der Waals surface area contributed by atoms with E-state index < -0.39 is 5.44 Å². The molecule has 1 heterocycles. The highest BCUT2D eigenvalue weighted by Crippen LogP contribution is 2.36. The topological polar surface area (TPSA) is 47.9 Å². The first-order valence-corrected chi connectivity index (χ1v) is 7.16. The average Bonchev–Trinajstić information content (AvgIpc) is 2.70. The smallest absolute Gasteiger partial charge is 0.128 e. The Hall–Kier alpha value is -0.590. The molecule has 0 aliphatic carbocycles. The van der Waals surface area contributed by atoms with Crippen LogP contribution < -0.4 is 0 Å². The Kier molecular flexibility index (Phi) is 8.09. The van der Waals surface area contributed by atoms with Crippen LogP contribution >= 0.6 is 11.8 Å². The molecule has 1 fully saturated rings. The van der Waals surface area contributed by atoms with Gasteiger partial charge in [0, 0.05) is 0 Å². The third-order valence-electron chi connectivity index (χ3n) is 2.62. The van der Waals surface area contributed by atoms with E-state index in [1.165, 1.54) is 11.8 Å². The van der Waals surface area contributed by atoms with Gasteiger partial charge in [-0.15, -0.1) is 31.5 Å². The Morgan fingerprint density at radius 2 is 1.53 bits per heavy atom. The normalized spacial score (nSPS) is 30.2. The van der Waals surface area contributed by atoms with Crippen molar-refractivity contribution in [2.75, 3.05) is 26.4 Å². The Morgan fingerprint density at radius 3 is 2.11 bits per heavy atom. The van der Waals surface area contributed by atoms with Gasteiger partial charge < -0.3 is 19.3 Å². The van der Waals surface area contributed by atoms with E-state index >= 15 is 0 Å². The molecule has 19 heavy (non-hydrogen) atoms. The molecule has 0 saturated carbocycles. The van der Waals surface area contributed by atoms with Crippen molar-refractivity contribution in [2.45, 2.75) is 22.9 Å². The number of ether oxygens (including phenoxy) is 3. The lowest BCUT2D eigenvalue weighted by Gasteiger charge is -2.24. The molecule has 0 radical (unpaired) electrons. The first kappa shape index (κ1) is 16.5. The van der Waals surface area contributed by atoms with E-state index in [0.29, 0.717) is 26.4 Å². The Bertz CT molecular complexity index is 295. The Morgan fingerprint density at radius 1 is 0.947 bits per heavy atom. The van der Waals surface area contributed by atoms with Crippen LogP contribution in [-0.2, 0) is 14.2 Å². The monoisotopic (exact) mass is 286 g/mol. The minimum atomic E-state index is -0.618. The second kappa shape index (κ2) is 9.34. The summed E-state index contributed by atoms with van der Waals surface area (Å²) in [5.74, 6) is 0. The van der Waals surface area contributed by atoms with Gasteiger partial charge in [0.15, 0.2) is 0 Å². The van der Waals surface area contributed by atoms with Crippen molar-refractivity contribution in [3.63, 3.8) is 0 Å². The highest BCUT2D eigenvalue weighted by atomic mass is 32.2. The molecule has 1 rings (SSSR count). The molecule has 108 valence electrons. The fourth-order valence-electron chi connectivity index (χ4n) is 1.85. The van der Waals surface area contributed by atoms with Crippen LogP contribution in [0.1, 0.15) is 0 Å². The van der Waals surface area contributed by atoms with E-state index in [2.05, 4.69) is 19.7 Å². The van der Waals surface area contributed by atoms with Crippen molar-refractivity contribution in [1.29, 1.82) is 0 Å². The van der Waals surface area contributed by atoms with Gasteiger partial charge in [0.05, 0.1) is 31.7 Å². The maximum atomic E-state index is 10.0. The summed E-state index contributed by atoms with van der Waals surface area (Å²) in [5, 5.41) is 10.1. The third-order valence-corrected chi connectivity index (χ3v) is 3.92. The molecular weight excluding hydrogens is 264 g/mol. The molecule has 0 aromatic heterocycles. The number of rotatable bonds is 10. The summed E-state index contributed by atoms with van der Waals surface area (Å²) < 4.78 is 16.7. The zero-order valence-corrected chi connectivity index (χ0v) is 11.9. The maximum Gasteiger partial charge on any atom is 0.128 e. The predicted molar refractivity (Wildman–Crippen MR) is 78.3 cm³/mol. The molecule has 0 aromatic carbocycles. The zero-order chi connectivity index (χ0) is 14.1. The third kappa shape index (κ3) is 5.12. The lowest BCUT2D eigenvalue weighted by Crippen LogP contribution is -2.39. The number of hydrogen-bond donors (Lipinski definition) is 1. The molecule has 4 atom stereocenters. The van der Waals surface area contributed by atoms with E-state index in [1.807, 2.05) is 0 Å². The molecular formula is C14H22O4S. The quantitative estimate of drug-likeness (QED) is 0.490. The summed E-state index contributed by atoms with van der Waals surface area (Å²) in [6.07, 6.45) is 4.44. The zero-order valence-electron chi connectivity index (χ0n) is 11.1. The van der Waals surface area contributed by atoms with E-state index in [1.54, 1.807) is 18.2 Å². The number of aliphatic hydroxyl groups is 1. The van der Waals surface area contributed by atoms with Gasteiger partial charge in [-0.1, -0.05) is 18.2 Å². The van der Waals surface area contributed by atoms with Gasteiger partial charge in [-0.05, 0) is 0 Å². The molecule has 0 amide bonds. The highest BCUT2D eigenvalue weighted by molar-refractivity contribution is 8.00. The fourth-order valence-corrected chi connectivity index (χ4v) is 3.16. The van der Waals surface area contributed by atoms with Crippen LogP contribution in [0.15, 0.2) is 38.0 Å². The van der Waals surface area contributed by atoms with Crippen LogP contribution in [0.4, 0.5) is 0 Å². The molecule has 1 N–H and O–H groups in total. The number of hydrogen-bond acceptors (Lipinski definition) is 5. The first-order valence-electron chi connectivity index (χ1n) is 6.21. The van der Waals surface area contributed by atoms with E-state index in [0.717, 1.165) is 0 Å². The van der Waals surface area contributed by atoms with Crippen LogP contribution in [0.25, 0.3) is 0 Å². The summed E-state index contributed by atoms with van der Waals surface area (Å²) in [4.78, 5) is 0. The largest absolute Gasteiger partial charge is 0.380 e. The van der Waals surface area contributed by atoms with Crippen molar-refractivity contribution in [3.05, 3.63) is 38.0 Å². The summed E-state index contributed by atoms with van der Waals surface area (Å²) in [7, 11) is 0. The van der Waals surface area contributed by atoms with Gasteiger partial charge in [0.2, 0.25) is 0 Å². The highest BCUT2D eigenvalue weighted by Gasteiger charge is 2.44. The lowest BCUT2D eigenvalue weighted by atomic mass is 10.1. The maximum absolute atomic E-state index is 10.0. The number of thioether (sulfide) groups is 1. The van der Waals surface area contributed by atoms with Gasteiger partial charge in [0.1, 0.15) is 17.6 Å². The lowest BCUT2D eigenvalue weighted by molar-refractivity contribution is -0.0827. The standard InChI is InChI=1S/C14H22O4S/c1-4-7-16-10-11-12(17-8-5-2)13(14(15)19-11)18-9-6-3/h4-6,11-15H,1-3,7-10H2/t11-,12-,13+,14?/m1/s1. The van der Waals surface area contributed by atoms with Gasteiger partial charge in [-0.25, -0.2) is 0 Å². The van der Waals surface area contributed by atoms with Crippen molar-refractivity contribution in [2.24, 2.45) is 0 Å². The second-order valence-electron chi connectivity index (χ2n) is 4.06. The molecule has 0 bridgehead atoms. The van der Waals surface area contributed by atoms with Gasteiger partial charge in [-0.3, -0.25) is 0 Å². The molecule has 5 heteroatoms. The summed E-state index contributed by atoms with van der Waals surface area (Å²) in [6, 6.07) is 0. The average molecular weight is 286 g/mol. The van der Waals surface area contributed by atoms with Gasteiger partial charge >= 0.3 is 0 Å². The van der Waals surface area contributed by atoms with Gasteiger partial charge in [0.25, 0.3) is 0 Å². The molecule has 4 nitrogen and oxygen atoms in total. The summed E-state index contributed by atoms with van der Waals surface area (Å²) in [5.41, 5.74) is -0.618. The van der Waals surface area contributed by atoms with Crippen LogP contribution in [0.3, 0.4) is 0 Å². The van der Waals surface area contributed by atoms with E-state index in [4.69, 9.17) is 14.2 Å². The minimum absolute atomic E-state index is 0.0321. The van der Waals surface area contributed by atoms with Crippen LogP contribution in [0, 0.1) is 0 Å². The van der Waals surface area contributed by atoms with Crippen molar-refractivity contribution < 1.29 is 19.3 Å². The Labute approximate surface area is 119 Å². The SMILES string of the molecule is C=CCOC[C@H]1SC(O)[C@@H](OCC=C)[C@@H]1OCC=C. The van der Waals surface area contributed by atoms with Crippen LogP contribution in [-0.4, -0.2) is 54.4 Å². The van der Waals surface area contributed by atoms with Crippen LogP contribution in [0.5, 0.6) is 0 Å². The summed E-state index contributed by atoms with van der Waals surface area (Å²) >= 11 is 1.41.